The fraction of sp³-hybridized carbons (Fsp3) is 0.524. The van der Waals surface area contributed by atoms with Crippen molar-refractivity contribution in [3.8, 4) is 0 Å². The van der Waals surface area contributed by atoms with E-state index >= 15 is 0 Å². The summed E-state index contributed by atoms with van der Waals surface area (Å²) in [5.41, 5.74) is 8.49. The molecule has 0 saturated carbocycles. The van der Waals surface area contributed by atoms with E-state index in [9.17, 15) is 0 Å². The summed E-state index contributed by atoms with van der Waals surface area (Å²) in [6.45, 7) is 24.1. The van der Waals surface area contributed by atoms with E-state index in [0.717, 1.165) is 6.42 Å². The molecule has 2 atom stereocenters. The zero-order valence-electron chi connectivity index (χ0n) is 17.6. The SMILES string of the molecule is CC1=[C-]C(C)C(C)=C1C.CC1=[C-]C(C)C(C)=C1C.Cl.Cl.[CH2-]C[CH2-].[SiH3].[Zr+4]. The van der Waals surface area contributed by atoms with Gasteiger partial charge < -0.3 is 20.3 Å². The molecule has 25 heavy (non-hydrogen) atoms. The van der Waals surface area contributed by atoms with Crippen molar-refractivity contribution in [1.82, 2.24) is 0 Å². The molecule has 2 aliphatic carbocycles. The maximum Gasteiger partial charge on any atom is 4.00 e. The predicted octanol–water partition coefficient (Wildman–Crippen LogP) is 6.15. The Morgan fingerprint density at radius 2 is 0.920 bits per heavy atom. The van der Waals surface area contributed by atoms with Crippen molar-refractivity contribution in [2.75, 3.05) is 0 Å². The van der Waals surface area contributed by atoms with Gasteiger partial charge in [-0.1, -0.05) is 53.4 Å². The molecular weight excluding hydrogens is 442 g/mol. The first-order valence-corrected chi connectivity index (χ1v) is 7.81. The monoisotopic (exact) mass is 477 g/mol. The van der Waals surface area contributed by atoms with Crippen LogP contribution in [0.3, 0.4) is 0 Å². The first-order valence-electron chi connectivity index (χ1n) is 7.81. The van der Waals surface area contributed by atoms with Crippen LogP contribution in [-0.2, 0) is 26.2 Å². The van der Waals surface area contributed by atoms with Crippen molar-refractivity contribution in [2.24, 2.45) is 11.8 Å². The maximum atomic E-state index is 3.38. The van der Waals surface area contributed by atoms with Crippen LogP contribution in [0.15, 0.2) is 33.4 Å². The molecular formula is C21H37Cl2SiZr. The van der Waals surface area contributed by atoms with Crippen LogP contribution < -0.4 is 0 Å². The molecule has 143 valence electrons. The van der Waals surface area contributed by atoms with Crippen LogP contribution in [0.1, 0.15) is 61.8 Å². The fourth-order valence-corrected chi connectivity index (χ4v) is 2.32. The summed E-state index contributed by atoms with van der Waals surface area (Å²) in [6.07, 6.45) is 7.47. The zero-order chi connectivity index (χ0) is 16.7. The van der Waals surface area contributed by atoms with Crippen LogP contribution in [0.2, 0.25) is 0 Å². The van der Waals surface area contributed by atoms with Gasteiger partial charge in [0.05, 0.1) is 0 Å². The summed E-state index contributed by atoms with van der Waals surface area (Å²) in [5, 5.41) is 0. The van der Waals surface area contributed by atoms with Gasteiger partial charge in [-0.3, -0.25) is 12.2 Å². The standard InChI is InChI=1S/2C9H13.C3H6.2ClH.H3Si.Zr/c2*1-6-5-7(2)9(4)8(6)3;1-3-2;;;;/h2*6H,1-4H3;1-3H2;2*1H;1H3;/q2*-1;-2;;;;+4. The van der Waals surface area contributed by atoms with Gasteiger partial charge in [0.25, 0.3) is 0 Å². The normalized spacial score (nSPS) is 20.2. The van der Waals surface area contributed by atoms with Crippen LogP contribution in [0.5, 0.6) is 0 Å². The molecule has 0 heterocycles. The van der Waals surface area contributed by atoms with Crippen LogP contribution in [0.4, 0.5) is 0 Å². The second-order valence-electron chi connectivity index (χ2n) is 5.95. The summed E-state index contributed by atoms with van der Waals surface area (Å²) in [6, 6.07) is 0. The van der Waals surface area contributed by atoms with Crippen molar-refractivity contribution in [3.05, 3.63) is 59.4 Å². The van der Waals surface area contributed by atoms with Gasteiger partial charge in [0.15, 0.2) is 0 Å². The van der Waals surface area contributed by atoms with Gasteiger partial charge in [-0.15, -0.1) is 38.7 Å². The van der Waals surface area contributed by atoms with Crippen LogP contribution >= 0.6 is 24.8 Å². The second kappa shape index (κ2) is 18.0. The van der Waals surface area contributed by atoms with E-state index in [4.69, 9.17) is 0 Å². The molecule has 0 aliphatic heterocycles. The Labute approximate surface area is 194 Å². The molecule has 2 unspecified atom stereocenters. The van der Waals surface area contributed by atoms with Crippen LogP contribution in [0, 0.1) is 37.8 Å². The molecule has 0 N–H and O–H groups in total. The van der Waals surface area contributed by atoms with E-state index in [1.54, 1.807) is 0 Å². The Morgan fingerprint density at radius 3 is 0.960 bits per heavy atom. The summed E-state index contributed by atoms with van der Waals surface area (Å²) >= 11 is 0. The first kappa shape index (κ1) is 36.5. The van der Waals surface area contributed by atoms with E-state index < -0.39 is 0 Å². The third-order valence-corrected chi connectivity index (χ3v) is 4.47. The van der Waals surface area contributed by atoms with Gasteiger partial charge in [-0.25, -0.2) is 11.1 Å². The van der Waals surface area contributed by atoms with Crippen molar-refractivity contribution in [3.63, 3.8) is 0 Å². The van der Waals surface area contributed by atoms with E-state index in [-0.39, 0.29) is 62.0 Å². The van der Waals surface area contributed by atoms with Crippen LogP contribution in [-0.4, -0.2) is 11.0 Å². The number of allylic oxidation sites excluding steroid dienone is 8. The molecule has 0 amide bonds. The predicted molar refractivity (Wildman–Crippen MR) is 120 cm³/mol. The van der Waals surface area contributed by atoms with Crippen molar-refractivity contribution in [2.45, 2.75) is 61.8 Å². The van der Waals surface area contributed by atoms with Crippen LogP contribution in [0.25, 0.3) is 0 Å². The van der Waals surface area contributed by atoms with E-state index in [0.29, 0.717) is 11.8 Å². The quantitative estimate of drug-likeness (QED) is 0.289. The third-order valence-electron chi connectivity index (χ3n) is 4.47. The topological polar surface area (TPSA) is 0 Å². The van der Waals surface area contributed by atoms with Gasteiger partial charge in [-0.05, 0) is 11.0 Å². The molecule has 0 aromatic heterocycles. The Kier molecular flexibility index (Phi) is 26.3. The Bertz CT molecular complexity index is 444. The number of halogens is 2. The Balaban J connectivity index is -0.0000000811. The minimum absolute atomic E-state index is 0. The summed E-state index contributed by atoms with van der Waals surface area (Å²) in [4.78, 5) is 0. The smallest absolute Gasteiger partial charge is 0.372 e. The molecule has 0 aromatic rings. The van der Waals surface area contributed by atoms with E-state index in [1.807, 2.05) is 0 Å². The minimum Gasteiger partial charge on any atom is -0.372 e. The summed E-state index contributed by atoms with van der Waals surface area (Å²) in [7, 11) is 0. The van der Waals surface area contributed by atoms with Gasteiger partial charge >= 0.3 is 26.2 Å². The van der Waals surface area contributed by atoms with Crippen molar-refractivity contribution in [1.29, 1.82) is 0 Å². The van der Waals surface area contributed by atoms with Gasteiger partial charge in [0.1, 0.15) is 0 Å². The molecule has 2 rings (SSSR count). The van der Waals surface area contributed by atoms with Gasteiger partial charge in [0.2, 0.25) is 0 Å². The largest absolute Gasteiger partial charge is 4.00 e. The molecule has 0 spiro atoms. The van der Waals surface area contributed by atoms with Gasteiger partial charge in [0, 0.05) is 0 Å². The summed E-state index contributed by atoms with van der Waals surface area (Å²) < 4.78 is 0. The molecule has 1 radical (unpaired) electrons. The average molecular weight is 480 g/mol. The second-order valence-corrected chi connectivity index (χ2v) is 5.95. The summed E-state index contributed by atoms with van der Waals surface area (Å²) in [5.74, 6) is 1.12. The van der Waals surface area contributed by atoms with Crippen molar-refractivity contribution >= 4 is 35.8 Å². The van der Waals surface area contributed by atoms with Crippen molar-refractivity contribution < 1.29 is 26.2 Å². The Morgan fingerprint density at radius 1 is 0.720 bits per heavy atom. The van der Waals surface area contributed by atoms with E-state index in [2.05, 4.69) is 81.4 Å². The molecule has 4 heteroatoms. The van der Waals surface area contributed by atoms with Gasteiger partial charge in [-0.2, -0.15) is 22.3 Å². The molecule has 0 bridgehead atoms. The fourth-order valence-electron chi connectivity index (χ4n) is 2.32. The first-order chi connectivity index (χ1) is 9.67. The maximum absolute atomic E-state index is 3.38. The molecule has 0 nitrogen and oxygen atoms in total. The minimum atomic E-state index is 0. The number of rotatable bonds is 0. The van der Waals surface area contributed by atoms with E-state index in [1.165, 1.54) is 33.4 Å². The molecule has 0 aromatic carbocycles. The average Bonchev–Trinajstić information content (AvgIpc) is 2.77. The number of hydrogen-bond donors (Lipinski definition) is 0. The Hall–Kier alpha value is 0.640. The molecule has 2 aliphatic rings. The number of hydrogen-bond acceptors (Lipinski definition) is 0. The third kappa shape index (κ3) is 11.9. The molecule has 0 fully saturated rings. The molecule has 0 saturated heterocycles. The zero-order valence-corrected chi connectivity index (χ0v) is 23.7.